The van der Waals surface area contributed by atoms with E-state index in [-0.39, 0.29) is 22.2 Å². The zero-order valence-electron chi connectivity index (χ0n) is 11.9. The maximum Gasteiger partial charge on any atom is 0.354 e. The highest BCUT2D eigenvalue weighted by atomic mass is 32.2. The molecule has 22 heavy (non-hydrogen) atoms. The summed E-state index contributed by atoms with van der Waals surface area (Å²) in [7, 11) is 0. The standard InChI is InChI=1S/C13H17NO5S3/c1-6(15)8-10(16)14-9(12(17)18)13(21-11(8)14)20-7-2-4-22(19)5-3-7/h6-8,11,15H,2-5H2,1H3,(H,17,18)/t6-,7?,8+,11-,22?/m1/s1. The van der Waals surface area contributed by atoms with Gasteiger partial charge in [-0.25, -0.2) is 4.79 Å². The van der Waals surface area contributed by atoms with E-state index in [0.717, 1.165) is 12.8 Å². The number of hydrogen-bond donors (Lipinski definition) is 2. The van der Waals surface area contributed by atoms with E-state index in [9.17, 15) is 24.4 Å². The Morgan fingerprint density at radius 3 is 2.68 bits per heavy atom. The molecule has 3 atom stereocenters. The van der Waals surface area contributed by atoms with Crippen LogP contribution in [0.15, 0.2) is 9.93 Å². The molecule has 0 unspecified atom stereocenters. The lowest BCUT2D eigenvalue weighted by Gasteiger charge is -2.43. The van der Waals surface area contributed by atoms with Gasteiger partial charge in [0.25, 0.3) is 0 Å². The van der Waals surface area contributed by atoms with Gasteiger partial charge in [0.2, 0.25) is 5.91 Å². The summed E-state index contributed by atoms with van der Waals surface area (Å²) in [5.41, 5.74) is 0.0496. The average Bonchev–Trinajstić information content (AvgIpc) is 2.75. The van der Waals surface area contributed by atoms with Gasteiger partial charge in [0, 0.05) is 18.1 Å². The second kappa shape index (κ2) is 6.27. The first-order chi connectivity index (χ1) is 10.4. The second-order valence-corrected chi connectivity index (χ2v) is 9.98. The number of hydrogen-bond acceptors (Lipinski definition) is 6. The Hall–Kier alpha value is -0.350. The lowest BCUT2D eigenvalue weighted by Crippen LogP contribution is -2.60. The summed E-state index contributed by atoms with van der Waals surface area (Å²) in [5.74, 6) is -0.642. The SMILES string of the molecule is C[C@@H](O)[C@H]1C(=O)N2C(C(=O)O)=C(SC3CC[S+]([O-])CC3)S[C@H]12. The summed E-state index contributed by atoms with van der Waals surface area (Å²) < 4.78 is 12.0. The lowest BCUT2D eigenvalue weighted by atomic mass is 9.92. The van der Waals surface area contributed by atoms with E-state index < -0.39 is 29.2 Å². The molecule has 2 N–H and O–H groups in total. The van der Waals surface area contributed by atoms with Crippen LogP contribution in [0.25, 0.3) is 0 Å². The summed E-state index contributed by atoms with van der Waals surface area (Å²) in [6.07, 6.45) is 0.817. The summed E-state index contributed by atoms with van der Waals surface area (Å²) >= 11 is 2.09. The molecule has 2 fully saturated rings. The fraction of sp³-hybridized carbons (Fsp3) is 0.692. The van der Waals surface area contributed by atoms with E-state index in [4.69, 9.17) is 0 Å². The van der Waals surface area contributed by atoms with Crippen LogP contribution in [-0.2, 0) is 20.8 Å². The van der Waals surface area contributed by atoms with Crippen LogP contribution in [-0.4, -0.2) is 59.8 Å². The van der Waals surface area contributed by atoms with E-state index in [2.05, 4.69) is 0 Å². The van der Waals surface area contributed by atoms with Gasteiger partial charge in [0.05, 0.1) is 16.3 Å². The third-order valence-electron chi connectivity index (χ3n) is 4.08. The predicted molar refractivity (Wildman–Crippen MR) is 86.5 cm³/mol. The van der Waals surface area contributed by atoms with Gasteiger partial charge >= 0.3 is 5.97 Å². The molecule has 122 valence electrons. The molecule has 0 aromatic rings. The van der Waals surface area contributed by atoms with Crippen LogP contribution in [0, 0.1) is 5.92 Å². The maximum absolute atomic E-state index is 12.1. The highest BCUT2D eigenvalue weighted by molar-refractivity contribution is 8.23. The molecule has 6 nitrogen and oxygen atoms in total. The number of rotatable bonds is 4. The van der Waals surface area contributed by atoms with Crippen LogP contribution in [0.2, 0.25) is 0 Å². The van der Waals surface area contributed by atoms with Crippen molar-refractivity contribution in [3.63, 3.8) is 0 Å². The molecular weight excluding hydrogens is 346 g/mol. The van der Waals surface area contributed by atoms with Crippen LogP contribution in [0.1, 0.15) is 19.8 Å². The molecule has 0 radical (unpaired) electrons. The molecule has 0 saturated carbocycles. The number of carboxylic acid groups (broad SMARTS) is 1. The van der Waals surface area contributed by atoms with Gasteiger partial charge in [-0.05, 0) is 6.92 Å². The Balaban J connectivity index is 1.75. The summed E-state index contributed by atoms with van der Waals surface area (Å²) in [5, 5.41) is 19.1. The predicted octanol–water partition coefficient (Wildman–Crippen LogP) is 0.796. The number of amides is 1. The van der Waals surface area contributed by atoms with Crippen molar-refractivity contribution >= 4 is 46.6 Å². The van der Waals surface area contributed by atoms with E-state index >= 15 is 0 Å². The van der Waals surface area contributed by atoms with Crippen molar-refractivity contribution in [1.82, 2.24) is 4.90 Å². The highest BCUT2D eigenvalue weighted by Crippen LogP contribution is 2.55. The number of aliphatic hydroxyl groups excluding tert-OH is 1. The van der Waals surface area contributed by atoms with Crippen molar-refractivity contribution in [2.45, 2.75) is 36.5 Å². The number of carbonyl (C=O) groups excluding carboxylic acids is 1. The number of β-lactam (4-membered cyclic amide) rings is 1. The first kappa shape index (κ1) is 16.5. The molecule has 3 aliphatic rings. The zero-order chi connectivity index (χ0) is 16.0. The monoisotopic (exact) mass is 363 g/mol. The third-order valence-corrected chi connectivity index (χ3v) is 8.40. The van der Waals surface area contributed by atoms with Crippen LogP contribution in [0.4, 0.5) is 0 Å². The number of aliphatic hydroxyl groups is 1. The molecule has 0 aromatic carbocycles. The van der Waals surface area contributed by atoms with E-state index in [1.54, 1.807) is 6.92 Å². The maximum atomic E-state index is 12.1. The molecule has 0 bridgehead atoms. The molecular formula is C13H17NO5S3. The Morgan fingerprint density at radius 1 is 1.50 bits per heavy atom. The topological polar surface area (TPSA) is 101 Å². The van der Waals surface area contributed by atoms with E-state index in [0.29, 0.717) is 15.7 Å². The third kappa shape index (κ3) is 2.77. The van der Waals surface area contributed by atoms with Crippen LogP contribution >= 0.6 is 23.5 Å². The Bertz CT molecular complexity index is 530. The fourth-order valence-electron chi connectivity index (χ4n) is 2.87. The van der Waals surface area contributed by atoms with Gasteiger partial charge in [-0.1, -0.05) is 22.9 Å². The van der Waals surface area contributed by atoms with Crippen LogP contribution in [0.3, 0.4) is 0 Å². The van der Waals surface area contributed by atoms with Crippen LogP contribution in [0.5, 0.6) is 0 Å². The number of thioether (sulfide) groups is 2. The normalized spacial score (nSPS) is 36.1. The molecule has 0 spiro atoms. The average molecular weight is 363 g/mol. The Kier molecular flexibility index (Phi) is 4.71. The van der Waals surface area contributed by atoms with Gasteiger partial charge in [0.1, 0.15) is 16.9 Å². The molecule has 1 amide bonds. The largest absolute Gasteiger partial charge is 0.616 e. The molecule has 0 aromatic heterocycles. The van der Waals surface area contributed by atoms with Gasteiger partial charge in [-0.3, -0.25) is 9.69 Å². The van der Waals surface area contributed by atoms with Crippen molar-refractivity contribution in [3.8, 4) is 0 Å². The highest BCUT2D eigenvalue weighted by Gasteiger charge is 2.57. The van der Waals surface area contributed by atoms with Crippen molar-refractivity contribution in [2.75, 3.05) is 11.5 Å². The smallest absolute Gasteiger partial charge is 0.354 e. The minimum atomic E-state index is -1.10. The number of carbonyl (C=O) groups is 2. The number of aliphatic carboxylic acids is 1. The molecule has 0 aliphatic carbocycles. The molecule has 3 rings (SSSR count). The van der Waals surface area contributed by atoms with Gasteiger partial charge < -0.3 is 14.8 Å². The number of carboxylic acids is 1. The van der Waals surface area contributed by atoms with Gasteiger partial charge in [-0.2, -0.15) is 0 Å². The van der Waals surface area contributed by atoms with E-state index in [1.165, 1.54) is 28.4 Å². The first-order valence-corrected chi connectivity index (χ1v) is 10.3. The summed E-state index contributed by atoms with van der Waals surface area (Å²) in [6.45, 7) is 1.56. The first-order valence-electron chi connectivity index (χ1n) is 7.07. The van der Waals surface area contributed by atoms with Crippen LogP contribution < -0.4 is 0 Å². The quantitative estimate of drug-likeness (QED) is 0.563. The second-order valence-electron chi connectivity index (χ2n) is 5.59. The molecule has 9 heteroatoms. The summed E-state index contributed by atoms with van der Waals surface area (Å²) in [4.78, 5) is 24.9. The molecule has 2 saturated heterocycles. The lowest BCUT2D eigenvalue weighted by molar-refractivity contribution is -0.156. The minimum Gasteiger partial charge on any atom is -0.616 e. The number of fused-ring (bicyclic) bond motifs is 1. The Labute approximate surface area is 139 Å². The van der Waals surface area contributed by atoms with Gasteiger partial charge in [-0.15, -0.1) is 11.8 Å². The molecule has 3 aliphatic heterocycles. The van der Waals surface area contributed by atoms with Gasteiger partial charge in [0.15, 0.2) is 5.70 Å². The number of nitrogens with zero attached hydrogens (tertiary/aromatic N) is 1. The summed E-state index contributed by atoms with van der Waals surface area (Å²) in [6, 6.07) is 0. The van der Waals surface area contributed by atoms with E-state index in [1.807, 2.05) is 0 Å². The van der Waals surface area contributed by atoms with Crippen molar-refractivity contribution in [1.29, 1.82) is 0 Å². The van der Waals surface area contributed by atoms with Crippen molar-refractivity contribution in [3.05, 3.63) is 9.93 Å². The fourth-order valence-corrected chi connectivity index (χ4v) is 7.79. The minimum absolute atomic E-state index is 0.0496. The Morgan fingerprint density at radius 2 is 2.14 bits per heavy atom. The van der Waals surface area contributed by atoms with Crippen molar-refractivity contribution in [2.24, 2.45) is 5.92 Å². The molecule has 3 heterocycles. The zero-order valence-corrected chi connectivity index (χ0v) is 14.4. The van der Waals surface area contributed by atoms with Crippen molar-refractivity contribution < 1.29 is 24.4 Å².